The van der Waals surface area contributed by atoms with Crippen LogP contribution >= 0.6 is 0 Å². The molecule has 3 rings (SSSR count). The fraction of sp³-hybridized carbons (Fsp3) is 0.308. The Morgan fingerprint density at radius 3 is 2.72 bits per heavy atom. The highest BCUT2D eigenvalue weighted by molar-refractivity contribution is 6.14. The number of ketones is 1. The topological polar surface area (TPSA) is 93.7 Å². The van der Waals surface area contributed by atoms with Crippen LogP contribution in [0.15, 0.2) is 29.3 Å². The second-order valence-corrected chi connectivity index (χ2v) is 4.63. The van der Waals surface area contributed by atoms with Crippen molar-refractivity contribution in [3.8, 4) is 6.07 Å². The van der Waals surface area contributed by atoms with Gasteiger partial charge in [0.15, 0.2) is 0 Å². The van der Waals surface area contributed by atoms with Gasteiger partial charge < -0.3 is 10.2 Å². The molecule has 18 heavy (non-hydrogen) atoms. The fourth-order valence-corrected chi connectivity index (χ4v) is 2.84. The largest absolute Gasteiger partial charge is 0.375 e. The molecule has 0 spiro atoms. The smallest absolute Gasteiger partial charge is 0.221 e. The van der Waals surface area contributed by atoms with Gasteiger partial charge >= 0.3 is 0 Å². The van der Waals surface area contributed by atoms with Crippen molar-refractivity contribution in [1.82, 2.24) is 0 Å². The van der Waals surface area contributed by atoms with Crippen LogP contribution in [-0.2, 0) is 5.72 Å². The highest BCUT2D eigenvalue weighted by Gasteiger charge is 2.70. The van der Waals surface area contributed by atoms with Crippen molar-refractivity contribution in [2.75, 3.05) is 0 Å². The van der Waals surface area contributed by atoms with E-state index in [0.29, 0.717) is 0 Å². The Hall–Kier alpha value is -2.03. The Bertz CT molecular complexity index is 646. The summed E-state index contributed by atoms with van der Waals surface area (Å²) in [6.45, 7) is 1.53. The summed E-state index contributed by atoms with van der Waals surface area (Å²) in [7, 11) is 0. The summed E-state index contributed by atoms with van der Waals surface area (Å²) in [5.41, 5.74) is -3.49. The predicted octanol–water partition coefficient (Wildman–Crippen LogP) is 0.373. The number of aliphatic hydroxyl groups is 2. The molecule has 5 nitrogen and oxygen atoms in total. The lowest BCUT2D eigenvalue weighted by Crippen LogP contribution is -2.53. The molecular formula is C13H10N2O3. The summed E-state index contributed by atoms with van der Waals surface area (Å²) in [6.07, 6.45) is 0. The minimum absolute atomic E-state index is 0.221. The summed E-state index contributed by atoms with van der Waals surface area (Å²) < 4.78 is 0. The Kier molecular flexibility index (Phi) is 1.88. The maximum atomic E-state index is 12.3. The summed E-state index contributed by atoms with van der Waals surface area (Å²) in [6, 6.07) is 8.21. The van der Waals surface area contributed by atoms with Gasteiger partial charge in [-0.05, 0) is 6.92 Å². The van der Waals surface area contributed by atoms with Crippen LogP contribution in [0.5, 0.6) is 0 Å². The van der Waals surface area contributed by atoms with Gasteiger partial charge in [0.1, 0.15) is 5.92 Å². The highest BCUT2D eigenvalue weighted by Crippen LogP contribution is 2.52. The van der Waals surface area contributed by atoms with Crippen molar-refractivity contribution < 1.29 is 15.0 Å². The van der Waals surface area contributed by atoms with Gasteiger partial charge in [0.25, 0.3) is 0 Å². The van der Waals surface area contributed by atoms with Crippen LogP contribution in [0.25, 0.3) is 0 Å². The minimum Gasteiger partial charge on any atom is -0.375 e. The van der Waals surface area contributed by atoms with E-state index in [2.05, 4.69) is 4.99 Å². The number of carbonyl (C=O) groups excluding carboxylic acids is 1. The number of nitrogens with zero attached hydrogens (tertiary/aromatic N) is 2. The molecule has 90 valence electrons. The molecule has 1 aliphatic carbocycles. The van der Waals surface area contributed by atoms with Gasteiger partial charge in [0.2, 0.25) is 17.1 Å². The first-order chi connectivity index (χ1) is 8.46. The average molecular weight is 242 g/mol. The van der Waals surface area contributed by atoms with E-state index in [0.717, 1.165) is 0 Å². The van der Waals surface area contributed by atoms with E-state index >= 15 is 0 Å². The third-order valence-electron chi connectivity index (χ3n) is 3.73. The molecule has 0 fully saturated rings. The van der Waals surface area contributed by atoms with E-state index < -0.39 is 23.0 Å². The number of aliphatic imine (C=N–C) groups is 1. The maximum Gasteiger partial charge on any atom is 0.221 e. The molecule has 2 aliphatic rings. The first-order valence-electron chi connectivity index (χ1n) is 5.52. The second-order valence-electron chi connectivity index (χ2n) is 4.63. The van der Waals surface area contributed by atoms with Gasteiger partial charge in [-0.25, -0.2) is 0 Å². The standard InChI is InChI=1S/C13H10N2O3/c1-7-10(6-14)12(17)11(16)8-4-2-3-5-9(8)13(12,18)15-7/h2-5,10,17-18H,1H3/t10?,12-,13+/m0/s1. The number of rotatable bonds is 0. The number of Topliss-reactive ketones (excluding diaryl/α,β-unsaturated/α-hetero) is 1. The first kappa shape index (κ1) is 11.1. The summed E-state index contributed by atoms with van der Waals surface area (Å²) >= 11 is 0. The van der Waals surface area contributed by atoms with Gasteiger partial charge in [-0.3, -0.25) is 9.79 Å². The average Bonchev–Trinajstić information content (AvgIpc) is 2.65. The van der Waals surface area contributed by atoms with Crippen LogP contribution in [0.3, 0.4) is 0 Å². The Balaban J connectivity index is 2.36. The van der Waals surface area contributed by atoms with E-state index in [1.807, 2.05) is 6.07 Å². The summed E-state index contributed by atoms with van der Waals surface area (Å²) in [4.78, 5) is 16.3. The quantitative estimate of drug-likeness (QED) is 0.687. The van der Waals surface area contributed by atoms with Crippen molar-refractivity contribution in [1.29, 1.82) is 5.26 Å². The third-order valence-corrected chi connectivity index (χ3v) is 3.73. The van der Waals surface area contributed by atoms with Gasteiger partial charge in [0, 0.05) is 16.8 Å². The third kappa shape index (κ3) is 0.905. The van der Waals surface area contributed by atoms with Crippen molar-refractivity contribution in [2.24, 2.45) is 10.9 Å². The van der Waals surface area contributed by atoms with Crippen LogP contribution in [0.4, 0.5) is 0 Å². The molecule has 0 bridgehead atoms. The van der Waals surface area contributed by atoms with Crippen LogP contribution in [-0.4, -0.2) is 27.3 Å². The molecule has 1 heterocycles. The van der Waals surface area contributed by atoms with E-state index in [1.165, 1.54) is 13.0 Å². The van der Waals surface area contributed by atoms with E-state index in [4.69, 9.17) is 5.26 Å². The molecule has 1 aliphatic heterocycles. The van der Waals surface area contributed by atoms with E-state index in [1.54, 1.807) is 18.2 Å². The van der Waals surface area contributed by atoms with Crippen molar-refractivity contribution in [2.45, 2.75) is 18.2 Å². The van der Waals surface area contributed by atoms with Crippen molar-refractivity contribution in [3.63, 3.8) is 0 Å². The zero-order valence-corrected chi connectivity index (χ0v) is 9.58. The predicted molar refractivity (Wildman–Crippen MR) is 61.8 cm³/mol. The second kappa shape index (κ2) is 3.05. The first-order valence-corrected chi connectivity index (χ1v) is 5.52. The molecule has 0 saturated carbocycles. The molecule has 5 heteroatoms. The molecule has 0 aromatic heterocycles. The molecule has 0 saturated heterocycles. The molecule has 1 unspecified atom stereocenters. The number of hydrogen-bond acceptors (Lipinski definition) is 5. The molecule has 0 amide bonds. The maximum absolute atomic E-state index is 12.3. The number of carbonyl (C=O) groups is 1. The number of nitriles is 1. The highest BCUT2D eigenvalue weighted by atomic mass is 16.4. The van der Waals surface area contributed by atoms with E-state index in [-0.39, 0.29) is 16.8 Å². The zero-order valence-electron chi connectivity index (χ0n) is 9.58. The normalized spacial score (nSPS) is 36.9. The lowest BCUT2D eigenvalue weighted by molar-refractivity contribution is -0.114. The lowest BCUT2D eigenvalue weighted by Gasteiger charge is -2.29. The molecule has 2 N–H and O–H groups in total. The number of hydrogen-bond donors (Lipinski definition) is 2. The van der Waals surface area contributed by atoms with Gasteiger partial charge in [-0.2, -0.15) is 5.26 Å². The van der Waals surface area contributed by atoms with Crippen LogP contribution in [0, 0.1) is 17.2 Å². The molecule has 0 radical (unpaired) electrons. The molecule has 1 aromatic carbocycles. The van der Waals surface area contributed by atoms with Crippen molar-refractivity contribution in [3.05, 3.63) is 35.4 Å². The monoisotopic (exact) mass is 242 g/mol. The van der Waals surface area contributed by atoms with Gasteiger partial charge in [-0.15, -0.1) is 0 Å². The molecule has 1 aromatic rings. The Morgan fingerprint density at radius 2 is 2.06 bits per heavy atom. The van der Waals surface area contributed by atoms with Crippen LogP contribution < -0.4 is 0 Å². The van der Waals surface area contributed by atoms with Crippen LogP contribution in [0.2, 0.25) is 0 Å². The summed E-state index contributed by atoms with van der Waals surface area (Å²) in [5.74, 6) is -1.77. The number of benzene rings is 1. The van der Waals surface area contributed by atoms with Crippen LogP contribution in [0.1, 0.15) is 22.8 Å². The lowest BCUT2D eigenvalue weighted by atomic mass is 9.80. The summed E-state index contributed by atoms with van der Waals surface area (Å²) in [5, 5.41) is 30.3. The minimum atomic E-state index is -2.20. The number of fused-ring (bicyclic) bond motifs is 3. The molecule has 3 atom stereocenters. The van der Waals surface area contributed by atoms with Crippen molar-refractivity contribution >= 4 is 11.5 Å². The van der Waals surface area contributed by atoms with Gasteiger partial charge in [0.05, 0.1) is 6.07 Å². The molecular weight excluding hydrogens is 232 g/mol. The van der Waals surface area contributed by atoms with E-state index in [9.17, 15) is 15.0 Å². The van der Waals surface area contributed by atoms with Gasteiger partial charge in [-0.1, -0.05) is 24.3 Å². The Morgan fingerprint density at radius 1 is 1.39 bits per heavy atom. The fourth-order valence-electron chi connectivity index (χ4n) is 2.84. The zero-order chi connectivity index (χ0) is 13.1. The SMILES string of the molecule is CC1=N[C@@]2(O)c3ccccc3C(=O)[C@@]2(O)C1C#N. The Labute approximate surface area is 103 Å².